The van der Waals surface area contributed by atoms with Gasteiger partial charge in [0.2, 0.25) is 11.8 Å². The van der Waals surface area contributed by atoms with E-state index in [1.165, 1.54) is 16.9 Å². The van der Waals surface area contributed by atoms with Crippen LogP contribution in [0.25, 0.3) is 5.95 Å². The van der Waals surface area contributed by atoms with Gasteiger partial charge in [-0.25, -0.2) is 18.3 Å². The predicted molar refractivity (Wildman–Crippen MR) is 106 cm³/mol. The zero-order chi connectivity index (χ0) is 22.0. The van der Waals surface area contributed by atoms with Gasteiger partial charge in [-0.05, 0) is 25.8 Å². The Hall–Kier alpha value is -2.82. The maximum Gasteiger partial charge on any atom is 0.358 e. The summed E-state index contributed by atoms with van der Waals surface area (Å²) in [5.74, 6) is -2.32. The summed E-state index contributed by atoms with van der Waals surface area (Å²) in [6, 6.07) is 2.96. The highest BCUT2D eigenvalue weighted by Crippen LogP contribution is 2.34. The van der Waals surface area contributed by atoms with E-state index in [1.54, 1.807) is 13.0 Å². The monoisotopic (exact) mass is 437 g/mol. The summed E-state index contributed by atoms with van der Waals surface area (Å²) in [6.45, 7) is 1.93. The molecule has 2 fully saturated rings. The molecule has 2 aromatic rings. The Morgan fingerprint density at radius 3 is 2.74 bits per heavy atom. The van der Waals surface area contributed by atoms with Crippen LogP contribution in [0.3, 0.4) is 0 Å². The molecule has 2 aliphatic rings. The Balaban J connectivity index is 1.55. The fraction of sp³-hybridized carbons (Fsp3) is 0.600. The quantitative estimate of drug-likeness (QED) is 0.636. The highest BCUT2D eigenvalue weighted by Gasteiger charge is 2.35. The fourth-order valence-corrected chi connectivity index (χ4v) is 3.60. The Bertz CT molecular complexity index is 922. The molecule has 2 saturated carbocycles. The third-order valence-corrected chi connectivity index (χ3v) is 5.40. The molecule has 0 saturated heterocycles. The van der Waals surface area contributed by atoms with Crippen molar-refractivity contribution >= 4 is 11.8 Å². The van der Waals surface area contributed by atoms with Crippen molar-refractivity contribution in [3.05, 3.63) is 24.0 Å². The van der Waals surface area contributed by atoms with Crippen molar-refractivity contribution in [1.29, 1.82) is 0 Å². The molecule has 0 amide bonds. The third-order valence-electron chi connectivity index (χ3n) is 5.40. The van der Waals surface area contributed by atoms with Crippen molar-refractivity contribution in [2.75, 3.05) is 11.9 Å². The zero-order valence-electron chi connectivity index (χ0n) is 17.1. The van der Waals surface area contributed by atoms with E-state index in [2.05, 4.69) is 20.4 Å². The molecule has 0 radical (unpaired) electrons. The van der Waals surface area contributed by atoms with E-state index in [1.807, 2.05) is 0 Å². The number of esters is 1. The fourth-order valence-electron chi connectivity index (χ4n) is 3.60. The number of nitrogens with zero attached hydrogens (tertiary/aromatic N) is 4. The second kappa shape index (κ2) is 8.74. The number of nitrogens with one attached hydrogen (secondary N) is 1. The van der Waals surface area contributed by atoms with Crippen molar-refractivity contribution in [2.24, 2.45) is 0 Å². The molecule has 11 heteroatoms. The van der Waals surface area contributed by atoms with Gasteiger partial charge < -0.3 is 19.9 Å². The van der Waals surface area contributed by atoms with Crippen molar-refractivity contribution in [3.63, 3.8) is 0 Å². The zero-order valence-corrected chi connectivity index (χ0v) is 17.1. The van der Waals surface area contributed by atoms with Crippen LogP contribution in [0.4, 0.5) is 14.6 Å². The highest BCUT2D eigenvalue weighted by atomic mass is 19.3. The maximum absolute atomic E-state index is 13.5. The molecule has 2 heterocycles. The number of hydrogen-bond acceptors (Lipinski definition) is 8. The van der Waals surface area contributed by atoms with Crippen LogP contribution < -0.4 is 10.1 Å². The normalized spacial score (nSPS) is 23.1. The summed E-state index contributed by atoms with van der Waals surface area (Å²) < 4.78 is 39.0. The Labute approximate surface area is 177 Å². The summed E-state index contributed by atoms with van der Waals surface area (Å²) in [6.07, 6.45) is 2.31. The molecular formula is C20H25F2N5O4. The first-order valence-corrected chi connectivity index (χ1v) is 10.4. The Morgan fingerprint density at radius 1 is 1.32 bits per heavy atom. The van der Waals surface area contributed by atoms with E-state index in [-0.39, 0.29) is 55.2 Å². The van der Waals surface area contributed by atoms with Crippen LogP contribution in [-0.2, 0) is 4.74 Å². The summed E-state index contributed by atoms with van der Waals surface area (Å²) in [4.78, 5) is 20.7. The molecule has 2 aromatic heterocycles. The van der Waals surface area contributed by atoms with Crippen LogP contribution in [0.1, 0.15) is 55.9 Å². The number of carbonyl (C=O) groups is 1. The predicted octanol–water partition coefficient (Wildman–Crippen LogP) is 2.73. The number of aliphatic hydroxyl groups is 1. The molecule has 0 aliphatic heterocycles. The van der Waals surface area contributed by atoms with Crippen LogP contribution in [0, 0.1) is 0 Å². The maximum atomic E-state index is 13.5. The third kappa shape index (κ3) is 5.27. The van der Waals surface area contributed by atoms with E-state index >= 15 is 0 Å². The largest absolute Gasteiger partial charge is 0.474 e. The minimum Gasteiger partial charge on any atom is -0.474 e. The van der Waals surface area contributed by atoms with Crippen molar-refractivity contribution < 1.29 is 28.2 Å². The molecule has 2 aliphatic carbocycles. The number of aliphatic hydroxyl groups excluding tert-OH is 1. The van der Waals surface area contributed by atoms with Crippen LogP contribution in [0.2, 0.25) is 0 Å². The van der Waals surface area contributed by atoms with E-state index in [0.717, 1.165) is 0 Å². The molecular weight excluding hydrogens is 412 g/mol. The first-order valence-electron chi connectivity index (χ1n) is 10.4. The average Bonchev–Trinajstić information content (AvgIpc) is 3.19. The van der Waals surface area contributed by atoms with Crippen molar-refractivity contribution in [3.8, 4) is 11.8 Å². The standard InChI is InChI=1S/C20H25F2N5O4/c1-2-30-18(29)15-5-8-27(26-15)19-24-16(23-12-3-6-20(21,22)7-4-12)11-17(25-19)31-14-9-13(28)10-14/h5,8,11-14,28H,2-4,6-7,9-10H2,1H3,(H,23,24,25). The van der Waals surface area contributed by atoms with Gasteiger partial charge in [0.25, 0.3) is 5.95 Å². The van der Waals surface area contributed by atoms with Gasteiger partial charge in [-0.15, -0.1) is 0 Å². The van der Waals surface area contributed by atoms with Gasteiger partial charge in [-0.1, -0.05) is 0 Å². The summed E-state index contributed by atoms with van der Waals surface area (Å²) >= 11 is 0. The van der Waals surface area contributed by atoms with E-state index in [0.29, 0.717) is 31.5 Å². The number of ether oxygens (including phenoxy) is 2. The summed E-state index contributed by atoms with van der Waals surface area (Å²) in [5.41, 5.74) is 0.114. The smallest absolute Gasteiger partial charge is 0.358 e. The molecule has 0 aromatic carbocycles. The summed E-state index contributed by atoms with van der Waals surface area (Å²) in [5, 5.41) is 16.9. The van der Waals surface area contributed by atoms with E-state index < -0.39 is 11.9 Å². The molecule has 2 N–H and O–H groups in total. The number of alkyl halides is 2. The number of anilines is 1. The van der Waals surface area contributed by atoms with Crippen LogP contribution in [0.5, 0.6) is 5.88 Å². The average molecular weight is 437 g/mol. The second-order valence-corrected chi connectivity index (χ2v) is 7.90. The van der Waals surface area contributed by atoms with E-state index in [4.69, 9.17) is 9.47 Å². The van der Waals surface area contributed by atoms with Gasteiger partial charge in [0, 0.05) is 44.0 Å². The first-order chi connectivity index (χ1) is 14.8. The van der Waals surface area contributed by atoms with Crippen molar-refractivity contribution in [1.82, 2.24) is 19.7 Å². The number of hydrogen-bond donors (Lipinski definition) is 2. The van der Waals surface area contributed by atoms with Gasteiger partial charge in [-0.3, -0.25) is 0 Å². The molecule has 0 bridgehead atoms. The first kappa shape index (κ1) is 21.4. The van der Waals surface area contributed by atoms with Crippen LogP contribution in [0.15, 0.2) is 18.3 Å². The Morgan fingerprint density at radius 2 is 2.06 bits per heavy atom. The Kier molecular flexibility index (Phi) is 6.03. The molecule has 0 atom stereocenters. The SMILES string of the molecule is CCOC(=O)c1ccn(-c2nc(NC3CCC(F)(F)CC3)cc(OC3CC(O)C3)n2)n1. The van der Waals surface area contributed by atoms with E-state index in [9.17, 15) is 18.7 Å². The molecule has 168 valence electrons. The van der Waals surface area contributed by atoms with Crippen LogP contribution >= 0.6 is 0 Å². The number of aromatic nitrogens is 4. The molecule has 9 nitrogen and oxygen atoms in total. The lowest BCUT2D eigenvalue weighted by Crippen LogP contribution is -2.37. The highest BCUT2D eigenvalue weighted by molar-refractivity contribution is 5.87. The summed E-state index contributed by atoms with van der Waals surface area (Å²) in [7, 11) is 0. The van der Waals surface area contributed by atoms with Gasteiger partial charge >= 0.3 is 5.97 Å². The van der Waals surface area contributed by atoms with Crippen molar-refractivity contribution in [2.45, 2.75) is 69.6 Å². The van der Waals surface area contributed by atoms with Gasteiger partial charge in [0.05, 0.1) is 12.7 Å². The lowest BCUT2D eigenvalue weighted by atomic mass is 9.92. The van der Waals surface area contributed by atoms with Gasteiger partial charge in [0.1, 0.15) is 11.9 Å². The number of halogens is 2. The molecule has 31 heavy (non-hydrogen) atoms. The van der Waals surface area contributed by atoms with Gasteiger partial charge in [0.15, 0.2) is 5.69 Å². The van der Waals surface area contributed by atoms with Gasteiger partial charge in [-0.2, -0.15) is 15.1 Å². The lowest BCUT2D eigenvalue weighted by Gasteiger charge is -2.31. The minimum atomic E-state index is -2.62. The topological polar surface area (TPSA) is 111 Å². The molecule has 0 spiro atoms. The molecule has 0 unspecified atom stereocenters. The minimum absolute atomic E-state index is 0.114. The lowest BCUT2D eigenvalue weighted by molar-refractivity contribution is -0.0361. The number of carbonyl (C=O) groups excluding carboxylic acids is 1. The van der Waals surface area contributed by atoms with Crippen LogP contribution in [-0.4, -0.2) is 61.6 Å². The number of rotatable bonds is 7. The molecule has 4 rings (SSSR count). The second-order valence-electron chi connectivity index (χ2n) is 7.90.